The molecule has 0 radical (unpaired) electrons. The summed E-state index contributed by atoms with van der Waals surface area (Å²) in [5.74, 6) is -0.895. The first kappa shape index (κ1) is 19.4. The Hall–Kier alpha value is -2.90. The first-order valence-corrected chi connectivity index (χ1v) is 8.45. The Morgan fingerprint density at radius 3 is 2.42 bits per heavy atom. The smallest absolute Gasteiger partial charge is 0.364 e. The SMILES string of the molecule is COC(=O)c1ccccc1S(=O)(=O)NC(=O)N1NC(=O)N(OC)C1OC. The van der Waals surface area contributed by atoms with Gasteiger partial charge >= 0.3 is 18.0 Å². The lowest BCUT2D eigenvalue weighted by Gasteiger charge is -2.24. The minimum atomic E-state index is -4.46. The van der Waals surface area contributed by atoms with Crippen molar-refractivity contribution in [2.45, 2.75) is 11.2 Å². The first-order chi connectivity index (χ1) is 12.3. The minimum Gasteiger partial charge on any atom is -0.465 e. The van der Waals surface area contributed by atoms with Crippen LogP contribution in [0.3, 0.4) is 0 Å². The van der Waals surface area contributed by atoms with Crippen molar-refractivity contribution < 1.29 is 37.1 Å². The Morgan fingerprint density at radius 2 is 1.85 bits per heavy atom. The van der Waals surface area contributed by atoms with E-state index in [1.165, 1.54) is 25.3 Å². The second kappa shape index (κ2) is 7.55. The van der Waals surface area contributed by atoms with Crippen LogP contribution in [0.15, 0.2) is 29.2 Å². The van der Waals surface area contributed by atoms with Gasteiger partial charge in [0.1, 0.15) is 4.90 Å². The highest BCUT2D eigenvalue weighted by molar-refractivity contribution is 7.90. The van der Waals surface area contributed by atoms with Crippen LogP contribution in [0.25, 0.3) is 0 Å². The molecule has 1 fully saturated rings. The number of hydroxylamine groups is 2. The van der Waals surface area contributed by atoms with E-state index in [2.05, 4.69) is 10.2 Å². The molecule has 1 aliphatic rings. The molecule has 142 valence electrons. The van der Waals surface area contributed by atoms with E-state index >= 15 is 0 Å². The summed E-state index contributed by atoms with van der Waals surface area (Å²) < 4.78 is 36.2. The maximum absolute atomic E-state index is 12.5. The predicted octanol–water partition coefficient (Wildman–Crippen LogP) is -0.395. The molecular weight excluding hydrogens is 372 g/mol. The van der Waals surface area contributed by atoms with E-state index in [1.54, 1.807) is 4.72 Å². The fourth-order valence-electron chi connectivity index (χ4n) is 2.14. The van der Waals surface area contributed by atoms with E-state index in [0.717, 1.165) is 20.3 Å². The van der Waals surface area contributed by atoms with Gasteiger partial charge in [-0.05, 0) is 12.1 Å². The molecule has 0 spiro atoms. The van der Waals surface area contributed by atoms with Crippen LogP contribution in [0.4, 0.5) is 9.59 Å². The molecular formula is C13H16N4O8S. The highest BCUT2D eigenvalue weighted by Gasteiger charge is 2.43. The van der Waals surface area contributed by atoms with E-state index in [-0.39, 0.29) is 5.56 Å². The number of urea groups is 2. The number of benzene rings is 1. The van der Waals surface area contributed by atoms with Gasteiger partial charge in [-0.15, -0.1) is 0 Å². The van der Waals surface area contributed by atoms with Crippen molar-refractivity contribution in [2.75, 3.05) is 21.3 Å². The third-order valence-corrected chi connectivity index (χ3v) is 4.65. The Labute approximate surface area is 148 Å². The molecule has 0 aliphatic carbocycles. The van der Waals surface area contributed by atoms with Crippen molar-refractivity contribution in [3.63, 3.8) is 0 Å². The number of rotatable bonds is 5. The molecule has 1 aliphatic heterocycles. The minimum absolute atomic E-state index is 0.262. The topological polar surface area (TPSA) is 144 Å². The molecule has 1 atom stereocenters. The predicted molar refractivity (Wildman–Crippen MR) is 83.5 cm³/mol. The summed E-state index contributed by atoms with van der Waals surface area (Å²) in [6.45, 7) is 0. The standard InChI is InChI=1S/C13H16N4O8S/c1-23-10(18)8-6-4-5-7-9(8)26(21,22)15-12(20)16-13(24-2)17(25-3)11(19)14-16/h4-7,13H,1-3H3,(H,14,19)(H,15,20). The van der Waals surface area contributed by atoms with Crippen molar-refractivity contribution in [3.05, 3.63) is 29.8 Å². The van der Waals surface area contributed by atoms with Gasteiger partial charge in [0, 0.05) is 7.11 Å². The third kappa shape index (κ3) is 3.54. The molecule has 0 saturated carbocycles. The number of ether oxygens (including phenoxy) is 2. The number of carbonyl (C=O) groups excluding carboxylic acids is 3. The largest absolute Gasteiger partial charge is 0.465 e. The Balaban J connectivity index is 2.29. The summed E-state index contributed by atoms with van der Waals surface area (Å²) in [7, 11) is -1.03. The maximum atomic E-state index is 12.5. The molecule has 4 amide bonds. The number of carbonyl (C=O) groups is 3. The number of nitrogens with one attached hydrogen (secondary N) is 2. The quantitative estimate of drug-likeness (QED) is 0.649. The Kier molecular flexibility index (Phi) is 5.64. The lowest BCUT2D eigenvalue weighted by atomic mass is 10.2. The number of methoxy groups -OCH3 is 2. The molecule has 2 rings (SSSR count). The lowest BCUT2D eigenvalue weighted by Crippen LogP contribution is -2.52. The zero-order valence-corrected chi connectivity index (χ0v) is 14.8. The molecule has 12 nitrogen and oxygen atoms in total. The van der Waals surface area contributed by atoms with Gasteiger partial charge in [-0.2, -0.15) is 10.1 Å². The zero-order valence-electron chi connectivity index (χ0n) is 14.0. The number of hydrazine groups is 1. The molecule has 0 bridgehead atoms. The van der Waals surface area contributed by atoms with Crippen LogP contribution in [0.1, 0.15) is 10.4 Å². The number of nitrogens with zero attached hydrogens (tertiary/aromatic N) is 2. The third-order valence-electron chi connectivity index (χ3n) is 3.27. The molecule has 13 heteroatoms. The highest BCUT2D eigenvalue weighted by Crippen LogP contribution is 2.18. The van der Waals surface area contributed by atoms with Gasteiger partial charge in [-0.25, -0.2) is 32.9 Å². The molecule has 0 aromatic heterocycles. The summed E-state index contributed by atoms with van der Waals surface area (Å²) in [4.78, 5) is 40.0. The van der Waals surface area contributed by atoms with E-state index in [1.807, 2.05) is 0 Å². The molecule has 1 aromatic rings. The van der Waals surface area contributed by atoms with Crippen molar-refractivity contribution >= 4 is 28.1 Å². The van der Waals surface area contributed by atoms with Crippen LogP contribution in [0, 0.1) is 0 Å². The average Bonchev–Trinajstić information content (AvgIpc) is 2.96. The summed E-state index contributed by atoms with van der Waals surface area (Å²) >= 11 is 0. The number of hydrogen-bond donors (Lipinski definition) is 2. The van der Waals surface area contributed by atoms with Crippen LogP contribution in [0.2, 0.25) is 0 Å². The van der Waals surface area contributed by atoms with Gasteiger partial charge in [0.15, 0.2) is 0 Å². The molecule has 1 heterocycles. The number of amides is 4. The first-order valence-electron chi connectivity index (χ1n) is 6.97. The van der Waals surface area contributed by atoms with E-state index in [0.29, 0.717) is 10.1 Å². The van der Waals surface area contributed by atoms with Crippen molar-refractivity contribution in [1.29, 1.82) is 0 Å². The number of hydrogen-bond acceptors (Lipinski definition) is 8. The zero-order chi connectivity index (χ0) is 19.5. The van der Waals surface area contributed by atoms with Gasteiger partial charge in [0.2, 0.25) is 0 Å². The van der Waals surface area contributed by atoms with Gasteiger partial charge < -0.3 is 9.47 Å². The molecule has 1 saturated heterocycles. The van der Waals surface area contributed by atoms with Crippen molar-refractivity contribution in [1.82, 2.24) is 20.2 Å². The fraction of sp³-hybridized carbons (Fsp3) is 0.308. The van der Waals surface area contributed by atoms with Crippen molar-refractivity contribution in [2.24, 2.45) is 0 Å². The summed E-state index contributed by atoms with van der Waals surface area (Å²) in [6, 6.07) is 3.08. The average molecular weight is 388 g/mol. The van der Waals surface area contributed by atoms with E-state index in [4.69, 9.17) is 9.57 Å². The number of esters is 1. The molecule has 2 N–H and O–H groups in total. The Morgan fingerprint density at radius 1 is 1.19 bits per heavy atom. The monoisotopic (exact) mass is 388 g/mol. The lowest BCUT2D eigenvalue weighted by molar-refractivity contribution is -0.208. The summed E-state index contributed by atoms with van der Waals surface area (Å²) in [5.41, 5.74) is 1.82. The van der Waals surface area contributed by atoms with Crippen LogP contribution in [-0.2, 0) is 24.3 Å². The van der Waals surface area contributed by atoms with Crippen LogP contribution in [-0.4, -0.2) is 64.2 Å². The van der Waals surface area contributed by atoms with Crippen molar-refractivity contribution in [3.8, 4) is 0 Å². The molecule has 1 unspecified atom stereocenters. The van der Waals surface area contributed by atoms with Gasteiger partial charge in [-0.3, -0.25) is 4.84 Å². The molecule has 26 heavy (non-hydrogen) atoms. The summed E-state index contributed by atoms with van der Waals surface area (Å²) in [5, 5.41) is 1.25. The van der Waals surface area contributed by atoms with Crippen LogP contribution < -0.4 is 10.1 Å². The van der Waals surface area contributed by atoms with Crippen LogP contribution in [0.5, 0.6) is 0 Å². The van der Waals surface area contributed by atoms with Gasteiger partial charge in [0.05, 0.1) is 19.8 Å². The second-order valence-electron chi connectivity index (χ2n) is 4.76. The summed E-state index contributed by atoms with van der Waals surface area (Å²) in [6.07, 6.45) is -1.35. The van der Waals surface area contributed by atoms with Crippen LogP contribution >= 0.6 is 0 Å². The number of sulfonamides is 1. The van der Waals surface area contributed by atoms with E-state index < -0.39 is 39.3 Å². The fourth-order valence-corrected chi connectivity index (χ4v) is 3.27. The Bertz CT molecular complexity index is 827. The van der Waals surface area contributed by atoms with Gasteiger partial charge in [0.25, 0.3) is 16.4 Å². The normalized spacial score (nSPS) is 17.0. The van der Waals surface area contributed by atoms with E-state index in [9.17, 15) is 22.8 Å². The van der Waals surface area contributed by atoms with Gasteiger partial charge in [-0.1, -0.05) is 12.1 Å². The second-order valence-corrected chi connectivity index (χ2v) is 6.41. The molecule has 1 aromatic carbocycles. The highest BCUT2D eigenvalue weighted by atomic mass is 32.2. The maximum Gasteiger partial charge on any atom is 0.364 e.